The van der Waals surface area contributed by atoms with Crippen molar-refractivity contribution in [2.45, 2.75) is 31.9 Å². The molecule has 1 aromatic carbocycles. The van der Waals surface area contributed by atoms with Crippen molar-refractivity contribution in [2.24, 2.45) is 0 Å². The molecule has 1 rings (SSSR count). The van der Waals surface area contributed by atoms with Gasteiger partial charge in [0.25, 0.3) is 0 Å². The highest BCUT2D eigenvalue weighted by Gasteiger charge is 2.29. The maximum absolute atomic E-state index is 12.3. The third-order valence-corrected chi connectivity index (χ3v) is 3.12. The summed E-state index contributed by atoms with van der Waals surface area (Å²) in [7, 11) is 0. The van der Waals surface area contributed by atoms with Crippen LogP contribution < -0.4 is 0 Å². The van der Waals surface area contributed by atoms with Gasteiger partial charge in [-0.3, -0.25) is 4.79 Å². The molecule has 0 bridgehead atoms. The second-order valence-corrected chi connectivity index (χ2v) is 4.82. The van der Waals surface area contributed by atoms with E-state index >= 15 is 0 Å². The van der Waals surface area contributed by atoms with Gasteiger partial charge in [-0.25, -0.2) is 0 Å². The van der Waals surface area contributed by atoms with Crippen LogP contribution >= 0.6 is 15.9 Å². The largest absolute Gasteiger partial charge is 0.416 e. The fraction of sp³-hybridized carbons (Fsp3) is 0.462. The predicted octanol–water partition coefficient (Wildman–Crippen LogP) is 4.38. The van der Waals surface area contributed by atoms with Crippen LogP contribution in [0.1, 0.15) is 30.4 Å². The van der Waals surface area contributed by atoms with Gasteiger partial charge in [-0.15, -0.1) is 0 Å². The van der Waals surface area contributed by atoms with Gasteiger partial charge in [-0.05, 0) is 30.5 Å². The molecule has 0 unspecified atom stereocenters. The number of hydrogen-bond acceptors (Lipinski definition) is 1. The number of ketones is 1. The quantitative estimate of drug-likeness (QED) is 0.710. The molecule has 0 aromatic heterocycles. The molecule has 0 aliphatic heterocycles. The molecule has 0 aliphatic rings. The van der Waals surface area contributed by atoms with Crippen molar-refractivity contribution in [1.82, 2.24) is 0 Å². The van der Waals surface area contributed by atoms with E-state index in [9.17, 15) is 18.0 Å². The minimum Gasteiger partial charge on any atom is -0.300 e. The van der Waals surface area contributed by atoms with Crippen molar-refractivity contribution >= 4 is 21.7 Å². The number of carbonyl (C=O) groups is 1. The summed E-state index contributed by atoms with van der Waals surface area (Å²) in [6.45, 7) is 0. The van der Waals surface area contributed by atoms with Crippen LogP contribution in [-0.4, -0.2) is 11.1 Å². The highest BCUT2D eigenvalue weighted by Crippen LogP contribution is 2.29. The van der Waals surface area contributed by atoms with Crippen LogP contribution in [0.15, 0.2) is 24.3 Å². The van der Waals surface area contributed by atoms with Gasteiger partial charge in [0.05, 0.1) is 5.56 Å². The molecule has 100 valence electrons. The fourth-order valence-corrected chi connectivity index (χ4v) is 1.81. The number of benzene rings is 1. The van der Waals surface area contributed by atoms with E-state index in [0.717, 1.165) is 29.4 Å². The van der Waals surface area contributed by atoms with Crippen LogP contribution in [0.3, 0.4) is 0 Å². The Labute approximate surface area is 113 Å². The summed E-state index contributed by atoms with van der Waals surface area (Å²) in [6, 6.07) is 4.97. The lowest BCUT2D eigenvalue weighted by molar-refractivity contribution is -0.137. The summed E-state index contributed by atoms with van der Waals surface area (Å²) in [5.74, 6) is 0.148. The molecule has 1 nitrogen and oxygen atoms in total. The molecule has 0 radical (unpaired) electrons. The maximum atomic E-state index is 12.3. The summed E-state index contributed by atoms with van der Waals surface area (Å²) in [5, 5.41) is 0.791. The Hall–Kier alpha value is -0.840. The van der Waals surface area contributed by atoms with Crippen molar-refractivity contribution in [3.05, 3.63) is 35.4 Å². The highest BCUT2D eigenvalue weighted by atomic mass is 79.9. The number of halogens is 4. The Balaban J connectivity index is 2.47. The van der Waals surface area contributed by atoms with Crippen molar-refractivity contribution in [3.63, 3.8) is 0 Å². The number of alkyl halides is 4. The van der Waals surface area contributed by atoms with Gasteiger partial charge in [-0.1, -0.05) is 28.1 Å². The Morgan fingerprint density at radius 1 is 1.11 bits per heavy atom. The topological polar surface area (TPSA) is 17.1 Å². The Bertz CT molecular complexity index is 384. The van der Waals surface area contributed by atoms with E-state index in [4.69, 9.17) is 0 Å². The minimum absolute atomic E-state index is 0.148. The second kappa shape index (κ2) is 6.92. The molecule has 0 atom stereocenters. The van der Waals surface area contributed by atoms with Gasteiger partial charge < -0.3 is 0 Å². The Morgan fingerprint density at radius 2 is 1.72 bits per heavy atom. The maximum Gasteiger partial charge on any atom is 0.416 e. The van der Waals surface area contributed by atoms with Crippen LogP contribution in [0.5, 0.6) is 0 Å². The summed E-state index contributed by atoms with van der Waals surface area (Å²) in [4.78, 5) is 11.4. The first-order chi connectivity index (χ1) is 8.43. The van der Waals surface area contributed by atoms with E-state index in [1.807, 2.05) is 0 Å². The molecule has 0 aliphatic carbocycles. The monoisotopic (exact) mass is 322 g/mol. The summed E-state index contributed by atoms with van der Waals surface area (Å²) < 4.78 is 36.9. The van der Waals surface area contributed by atoms with Crippen molar-refractivity contribution < 1.29 is 18.0 Å². The standard InChI is InChI=1S/C13H14BrF3O/c14-9-1-2-12(18)8-5-10-3-6-11(7-4-10)13(15,16)17/h3-4,6-7H,1-2,5,8-9H2. The molecule has 0 saturated heterocycles. The third-order valence-electron chi connectivity index (χ3n) is 2.56. The van der Waals surface area contributed by atoms with Gasteiger partial charge in [-0.2, -0.15) is 13.2 Å². The number of hydrogen-bond donors (Lipinski definition) is 0. The summed E-state index contributed by atoms with van der Waals surface area (Å²) in [5.41, 5.74) is 0.104. The minimum atomic E-state index is -4.30. The van der Waals surface area contributed by atoms with E-state index in [1.165, 1.54) is 12.1 Å². The lowest BCUT2D eigenvalue weighted by atomic mass is 10.0. The average Bonchev–Trinajstić information content (AvgIpc) is 2.33. The van der Waals surface area contributed by atoms with E-state index in [-0.39, 0.29) is 5.78 Å². The van der Waals surface area contributed by atoms with Gasteiger partial charge >= 0.3 is 6.18 Å². The number of carbonyl (C=O) groups excluding carboxylic acids is 1. The normalized spacial score (nSPS) is 11.6. The lowest BCUT2D eigenvalue weighted by Gasteiger charge is -2.07. The third kappa shape index (κ3) is 5.21. The first-order valence-electron chi connectivity index (χ1n) is 5.67. The van der Waals surface area contributed by atoms with Crippen molar-refractivity contribution in [2.75, 3.05) is 5.33 Å². The first-order valence-corrected chi connectivity index (χ1v) is 6.79. The lowest BCUT2D eigenvalue weighted by Crippen LogP contribution is -2.05. The van der Waals surface area contributed by atoms with Crippen LogP contribution in [-0.2, 0) is 17.4 Å². The molecule has 1 aromatic rings. The van der Waals surface area contributed by atoms with Gasteiger partial charge in [0.1, 0.15) is 5.78 Å². The average molecular weight is 323 g/mol. The number of Topliss-reactive ketones (excluding diaryl/α,β-unsaturated/α-hetero) is 1. The molecule has 0 saturated carbocycles. The number of aryl methyl sites for hydroxylation is 1. The SMILES string of the molecule is O=C(CCCBr)CCc1ccc(C(F)(F)F)cc1. The van der Waals surface area contributed by atoms with Crippen LogP contribution in [0, 0.1) is 0 Å². The van der Waals surface area contributed by atoms with Crippen molar-refractivity contribution in [1.29, 1.82) is 0 Å². The zero-order valence-corrected chi connectivity index (χ0v) is 11.4. The van der Waals surface area contributed by atoms with E-state index in [0.29, 0.717) is 19.3 Å². The molecular formula is C13H14BrF3O. The Kier molecular flexibility index (Phi) is 5.85. The van der Waals surface area contributed by atoms with E-state index < -0.39 is 11.7 Å². The summed E-state index contributed by atoms with van der Waals surface area (Å²) >= 11 is 3.24. The van der Waals surface area contributed by atoms with Crippen LogP contribution in [0.4, 0.5) is 13.2 Å². The molecule has 18 heavy (non-hydrogen) atoms. The summed E-state index contributed by atoms with van der Waals surface area (Å²) in [6.07, 6.45) is -2.10. The first kappa shape index (κ1) is 15.2. The molecular weight excluding hydrogens is 309 g/mol. The molecule has 0 amide bonds. The number of rotatable bonds is 6. The van der Waals surface area contributed by atoms with Gasteiger partial charge in [0.15, 0.2) is 0 Å². The van der Waals surface area contributed by atoms with Crippen LogP contribution in [0.25, 0.3) is 0 Å². The van der Waals surface area contributed by atoms with Gasteiger partial charge in [0.2, 0.25) is 0 Å². The van der Waals surface area contributed by atoms with E-state index in [1.54, 1.807) is 0 Å². The van der Waals surface area contributed by atoms with Crippen LogP contribution in [0.2, 0.25) is 0 Å². The van der Waals surface area contributed by atoms with E-state index in [2.05, 4.69) is 15.9 Å². The molecule has 0 heterocycles. The zero-order valence-electron chi connectivity index (χ0n) is 9.77. The molecule has 5 heteroatoms. The second-order valence-electron chi connectivity index (χ2n) is 4.03. The Morgan fingerprint density at radius 3 is 2.22 bits per heavy atom. The molecule has 0 N–H and O–H groups in total. The van der Waals surface area contributed by atoms with Crippen molar-refractivity contribution in [3.8, 4) is 0 Å². The predicted molar refractivity (Wildman–Crippen MR) is 67.8 cm³/mol. The molecule has 0 spiro atoms. The molecule has 0 fully saturated rings. The van der Waals surface area contributed by atoms with Gasteiger partial charge in [0, 0.05) is 18.2 Å². The fourth-order valence-electron chi connectivity index (χ4n) is 1.53. The zero-order chi connectivity index (χ0) is 13.6. The highest BCUT2D eigenvalue weighted by molar-refractivity contribution is 9.09. The smallest absolute Gasteiger partial charge is 0.300 e.